The monoisotopic (exact) mass is 344 g/mol. The molecule has 0 atom stereocenters. The number of carbonyl (C=O) groups excluding carboxylic acids is 1. The third-order valence-corrected chi connectivity index (χ3v) is 1.24. The van der Waals surface area contributed by atoms with Gasteiger partial charge in [0.05, 0.1) is 0 Å². The molecule has 0 aliphatic rings. The van der Waals surface area contributed by atoms with Gasteiger partial charge in [-0.05, 0) is 27.6 Å². The smallest absolute Gasteiger partial charge is 0.349 e. The first kappa shape index (κ1) is 21.2. The van der Waals surface area contributed by atoms with Gasteiger partial charge in [0.2, 0.25) is 0 Å². The summed E-state index contributed by atoms with van der Waals surface area (Å²) in [6, 6.07) is 0. The number of hydrogen-bond acceptors (Lipinski definition) is 4. The Labute approximate surface area is 117 Å². The molecule has 0 radical (unpaired) electrons. The van der Waals surface area contributed by atoms with E-state index >= 15 is 0 Å². The van der Waals surface area contributed by atoms with Crippen molar-refractivity contribution in [3.8, 4) is 0 Å². The lowest BCUT2D eigenvalue weighted by atomic mass is 10.3. The third kappa shape index (κ3) is 23.6. The minimum atomic E-state index is -0.399. The third-order valence-electron chi connectivity index (χ3n) is 1.24. The molecule has 98 valence electrons. The normalized spacial score (nSPS) is 8.94. The first-order chi connectivity index (χ1) is 6.93. The van der Waals surface area contributed by atoms with E-state index in [1.165, 1.54) is 5.06 Å². The Bertz CT molecular complexity index is 173. The summed E-state index contributed by atoms with van der Waals surface area (Å²) in [7, 11) is 7.73. The SMILES string of the molecule is C=CC(=O)ON(C)CCCC.CN(C)C.I. The number of unbranched alkanes of at least 4 members (excludes halogenated alkanes) is 1. The number of halogens is 1. The second-order valence-electron chi connectivity index (χ2n) is 3.66. The van der Waals surface area contributed by atoms with E-state index in [4.69, 9.17) is 4.84 Å². The van der Waals surface area contributed by atoms with Gasteiger partial charge in [0.25, 0.3) is 0 Å². The maximum Gasteiger partial charge on any atom is 0.349 e. The topological polar surface area (TPSA) is 32.8 Å². The van der Waals surface area contributed by atoms with Crippen LogP contribution in [0.3, 0.4) is 0 Å². The van der Waals surface area contributed by atoms with Gasteiger partial charge in [-0.1, -0.05) is 19.9 Å². The van der Waals surface area contributed by atoms with E-state index < -0.39 is 5.97 Å². The highest BCUT2D eigenvalue weighted by atomic mass is 127. The average molecular weight is 344 g/mol. The summed E-state index contributed by atoms with van der Waals surface area (Å²) in [5.74, 6) is -0.399. The van der Waals surface area contributed by atoms with E-state index in [0.717, 1.165) is 25.5 Å². The van der Waals surface area contributed by atoms with Crippen molar-refractivity contribution < 1.29 is 9.63 Å². The number of hydroxylamine groups is 2. The van der Waals surface area contributed by atoms with Crippen molar-refractivity contribution in [2.45, 2.75) is 19.8 Å². The minimum absolute atomic E-state index is 0. The van der Waals surface area contributed by atoms with Gasteiger partial charge in [-0.25, -0.2) is 4.79 Å². The summed E-state index contributed by atoms with van der Waals surface area (Å²) in [6.07, 6.45) is 3.28. The molecule has 0 aliphatic heterocycles. The van der Waals surface area contributed by atoms with E-state index in [0.29, 0.717) is 0 Å². The standard InChI is InChI=1S/C8H15NO2.C3H9N.HI/c1-4-6-7-9(3)11-8(10)5-2;1-4(2)3;/h5H,2,4,6-7H2,1,3H3;1-3H3;1H. The molecule has 0 heterocycles. The molecule has 0 saturated carbocycles. The fraction of sp³-hybridized carbons (Fsp3) is 0.727. The zero-order chi connectivity index (χ0) is 12.3. The zero-order valence-corrected chi connectivity index (χ0v) is 13.4. The van der Waals surface area contributed by atoms with Gasteiger partial charge in [0.15, 0.2) is 0 Å². The van der Waals surface area contributed by atoms with Crippen LogP contribution in [0, 0.1) is 0 Å². The van der Waals surface area contributed by atoms with Crippen molar-refractivity contribution >= 4 is 29.9 Å². The van der Waals surface area contributed by atoms with Crippen molar-refractivity contribution in [1.29, 1.82) is 0 Å². The van der Waals surface area contributed by atoms with Gasteiger partial charge < -0.3 is 9.74 Å². The summed E-state index contributed by atoms with van der Waals surface area (Å²) in [4.78, 5) is 17.4. The molecule has 0 N–H and O–H groups in total. The van der Waals surface area contributed by atoms with Crippen LogP contribution in [-0.4, -0.2) is 50.7 Å². The molecule has 0 amide bonds. The fourth-order valence-corrected chi connectivity index (χ4v) is 0.617. The van der Waals surface area contributed by atoms with Gasteiger partial charge in [0.1, 0.15) is 0 Å². The Morgan fingerprint density at radius 1 is 1.31 bits per heavy atom. The van der Waals surface area contributed by atoms with Crippen LogP contribution in [0.25, 0.3) is 0 Å². The van der Waals surface area contributed by atoms with Crippen molar-refractivity contribution in [3.63, 3.8) is 0 Å². The van der Waals surface area contributed by atoms with E-state index in [-0.39, 0.29) is 24.0 Å². The molecule has 0 unspecified atom stereocenters. The van der Waals surface area contributed by atoms with Crippen LogP contribution in [0.1, 0.15) is 19.8 Å². The van der Waals surface area contributed by atoms with Crippen molar-refractivity contribution in [2.75, 3.05) is 34.7 Å². The van der Waals surface area contributed by atoms with Gasteiger partial charge in [-0.15, -0.1) is 29.0 Å². The van der Waals surface area contributed by atoms with Crippen LogP contribution >= 0.6 is 24.0 Å². The second-order valence-corrected chi connectivity index (χ2v) is 3.66. The van der Waals surface area contributed by atoms with Crippen molar-refractivity contribution in [2.24, 2.45) is 0 Å². The van der Waals surface area contributed by atoms with Gasteiger partial charge in [-0.3, -0.25) is 0 Å². The summed E-state index contributed by atoms with van der Waals surface area (Å²) in [6.45, 7) is 6.15. The molecule has 0 saturated heterocycles. The Kier molecular flexibility index (Phi) is 19.7. The lowest BCUT2D eigenvalue weighted by molar-refractivity contribution is -0.177. The molecule has 5 heteroatoms. The molecular formula is C11H25IN2O2. The highest BCUT2D eigenvalue weighted by Gasteiger charge is 2.01. The first-order valence-electron chi connectivity index (χ1n) is 5.10. The first-order valence-corrected chi connectivity index (χ1v) is 5.10. The quantitative estimate of drug-likeness (QED) is 0.435. The van der Waals surface area contributed by atoms with E-state index in [1.54, 1.807) is 7.05 Å². The summed E-state index contributed by atoms with van der Waals surface area (Å²) in [5, 5.41) is 1.52. The Morgan fingerprint density at radius 2 is 1.75 bits per heavy atom. The zero-order valence-electron chi connectivity index (χ0n) is 11.0. The molecule has 0 bridgehead atoms. The molecule has 0 aromatic rings. The predicted octanol–water partition coefficient (Wildman–Crippen LogP) is 2.16. The van der Waals surface area contributed by atoms with Crippen LogP contribution in [0.15, 0.2) is 12.7 Å². The lowest BCUT2D eigenvalue weighted by Gasteiger charge is -2.13. The molecule has 16 heavy (non-hydrogen) atoms. The molecule has 0 aromatic carbocycles. The number of rotatable bonds is 5. The highest BCUT2D eigenvalue weighted by Crippen LogP contribution is 1.92. The molecule has 0 aliphatic carbocycles. The number of carbonyl (C=O) groups is 1. The van der Waals surface area contributed by atoms with Crippen molar-refractivity contribution in [1.82, 2.24) is 9.96 Å². The number of nitrogens with zero attached hydrogens (tertiary/aromatic N) is 2. The van der Waals surface area contributed by atoms with Crippen LogP contribution in [0.2, 0.25) is 0 Å². The maximum absolute atomic E-state index is 10.6. The molecule has 0 rings (SSSR count). The molecular weight excluding hydrogens is 319 g/mol. The Balaban J connectivity index is -0.000000292. The van der Waals surface area contributed by atoms with Gasteiger partial charge >= 0.3 is 5.97 Å². The summed E-state index contributed by atoms with van der Waals surface area (Å²) >= 11 is 0. The van der Waals surface area contributed by atoms with Crippen LogP contribution < -0.4 is 0 Å². The van der Waals surface area contributed by atoms with E-state index in [2.05, 4.69) is 13.5 Å². The Morgan fingerprint density at radius 3 is 2.06 bits per heavy atom. The van der Waals surface area contributed by atoms with E-state index in [9.17, 15) is 4.79 Å². The highest BCUT2D eigenvalue weighted by molar-refractivity contribution is 14.0. The lowest BCUT2D eigenvalue weighted by Crippen LogP contribution is -2.22. The minimum Gasteiger partial charge on any atom is -0.365 e. The maximum atomic E-state index is 10.6. The summed E-state index contributed by atoms with van der Waals surface area (Å²) < 4.78 is 0. The van der Waals surface area contributed by atoms with E-state index in [1.807, 2.05) is 26.0 Å². The fourth-order valence-electron chi connectivity index (χ4n) is 0.617. The largest absolute Gasteiger partial charge is 0.365 e. The van der Waals surface area contributed by atoms with Crippen LogP contribution in [0.4, 0.5) is 0 Å². The molecule has 0 aromatic heterocycles. The van der Waals surface area contributed by atoms with Gasteiger partial charge in [0, 0.05) is 19.7 Å². The molecule has 0 fully saturated rings. The average Bonchev–Trinajstić information content (AvgIpc) is 2.13. The predicted molar refractivity (Wildman–Crippen MR) is 78.9 cm³/mol. The van der Waals surface area contributed by atoms with Crippen molar-refractivity contribution in [3.05, 3.63) is 12.7 Å². The van der Waals surface area contributed by atoms with Gasteiger partial charge in [-0.2, -0.15) is 0 Å². The van der Waals surface area contributed by atoms with Crippen LogP contribution in [-0.2, 0) is 9.63 Å². The number of hydrogen-bond donors (Lipinski definition) is 0. The Hall–Kier alpha value is -0.140. The molecule has 4 nitrogen and oxygen atoms in total. The molecule has 0 spiro atoms. The van der Waals surface area contributed by atoms with Crippen LogP contribution in [0.5, 0.6) is 0 Å². The summed E-state index contributed by atoms with van der Waals surface area (Å²) in [5.41, 5.74) is 0. The second kappa shape index (κ2) is 14.9.